The van der Waals surface area contributed by atoms with Crippen LogP contribution in [0.5, 0.6) is 5.75 Å². The molecule has 1 unspecified atom stereocenters. The van der Waals surface area contributed by atoms with Crippen molar-refractivity contribution in [2.24, 2.45) is 10.9 Å². The standard InChI is InChI=1S/C29H30FN3O3/c1-35-26-19-33(25-9-5-8-22(27(25)30)18-20-12-16-36-17-13-20)32-28(29(26)34)24-11-15-31-14-10-23(24)21-6-3-2-4-7-21/h2-9,11,15,19-20,23H,10,12-14,16-18H2,1H3. The highest BCUT2D eigenvalue weighted by Gasteiger charge is 2.25. The van der Waals surface area contributed by atoms with Crippen molar-refractivity contribution in [3.63, 3.8) is 0 Å². The summed E-state index contributed by atoms with van der Waals surface area (Å²) in [6, 6.07) is 15.4. The van der Waals surface area contributed by atoms with Crippen LogP contribution in [0.15, 0.2) is 70.6 Å². The molecule has 186 valence electrons. The normalized spacial score (nSPS) is 18.5. The van der Waals surface area contributed by atoms with Gasteiger partial charge in [-0.1, -0.05) is 42.5 Å². The Morgan fingerprint density at radius 3 is 2.67 bits per heavy atom. The van der Waals surface area contributed by atoms with Crippen LogP contribution in [-0.4, -0.2) is 42.9 Å². The van der Waals surface area contributed by atoms with E-state index in [2.05, 4.69) is 10.1 Å². The first-order valence-corrected chi connectivity index (χ1v) is 12.4. The summed E-state index contributed by atoms with van der Waals surface area (Å²) < 4.78 is 28.1. The number of ether oxygens (including phenoxy) is 2. The Balaban J connectivity index is 1.58. The highest BCUT2D eigenvalue weighted by Crippen LogP contribution is 2.34. The number of nitrogens with zero attached hydrogens (tertiary/aromatic N) is 3. The van der Waals surface area contributed by atoms with E-state index in [-0.39, 0.29) is 28.6 Å². The molecule has 0 saturated carbocycles. The largest absolute Gasteiger partial charge is 0.491 e. The molecule has 0 bridgehead atoms. The van der Waals surface area contributed by atoms with Crippen LogP contribution < -0.4 is 10.2 Å². The zero-order valence-electron chi connectivity index (χ0n) is 20.4. The highest BCUT2D eigenvalue weighted by molar-refractivity contribution is 5.87. The van der Waals surface area contributed by atoms with Crippen molar-refractivity contribution in [2.75, 3.05) is 26.9 Å². The van der Waals surface area contributed by atoms with Gasteiger partial charge in [0.1, 0.15) is 11.4 Å². The molecular formula is C29H30FN3O3. The molecule has 1 fully saturated rings. The Kier molecular flexibility index (Phi) is 7.37. The zero-order valence-corrected chi connectivity index (χ0v) is 20.4. The minimum atomic E-state index is -0.329. The van der Waals surface area contributed by atoms with E-state index >= 15 is 4.39 Å². The van der Waals surface area contributed by atoms with E-state index in [0.717, 1.165) is 43.6 Å². The second-order valence-corrected chi connectivity index (χ2v) is 9.26. The molecule has 2 aliphatic rings. The maximum atomic E-state index is 15.8. The average molecular weight is 488 g/mol. The first-order valence-electron chi connectivity index (χ1n) is 12.4. The number of aromatic nitrogens is 2. The quantitative estimate of drug-likeness (QED) is 0.491. The summed E-state index contributed by atoms with van der Waals surface area (Å²) in [5.41, 5.74) is 2.68. The number of hydrogen-bond donors (Lipinski definition) is 0. The van der Waals surface area contributed by atoms with Gasteiger partial charge in [0.15, 0.2) is 11.6 Å². The van der Waals surface area contributed by atoms with E-state index < -0.39 is 0 Å². The Hall–Kier alpha value is -3.58. The molecule has 1 aromatic heterocycles. The third kappa shape index (κ3) is 5.02. The number of rotatable bonds is 6. The second-order valence-electron chi connectivity index (χ2n) is 9.26. The van der Waals surface area contributed by atoms with Crippen LogP contribution in [0.4, 0.5) is 4.39 Å². The molecule has 2 aromatic carbocycles. The molecule has 3 heterocycles. The predicted molar refractivity (Wildman–Crippen MR) is 139 cm³/mol. The van der Waals surface area contributed by atoms with Gasteiger partial charge in [0, 0.05) is 31.9 Å². The number of methoxy groups -OCH3 is 1. The van der Waals surface area contributed by atoms with Gasteiger partial charge >= 0.3 is 0 Å². The van der Waals surface area contributed by atoms with Crippen molar-refractivity contribution in [1.29, 1.82) is 0 Å². The summed E-state index contributed by atoms with van der Waals surface area (Å²) in [5, 5.41) is 4.68. The topological polar surface area (TPSA) is 65.7 Å². The molecule has 0 aliphatic carbocycles. The number of hydrogen-bond acceptors (Lipinski definition) is 5. The fourth-order valence-corrected chi connectivity index (χ4v) is 5.05. The van der Waals surface area contributed by atoms with E-state index in [1.165, 1.54) is 18.0 Å². The predicted octanol–water partition coefficient (Wildman–Crippen LogP) is 4.99. The Morgan fingerprint density at radius 2 is 1.89 bits per heavy atom. The molecule has 2 aliphatic heterocycles. The first kappa shape index (κ1) is 24.1. The molecule has 0 spiro atoms. The summed E-state index contributed by atoms with van der Waals surface area (Å²) in [5.74, 6) is 0.101. The van der Waals surface area contributed by atoms with E-state index in [1.54, 1.807) is 12.3 Å². The fraction of sp³-hybridized carbons (Fsp3) is 0.345. The number of halogens is 1. The van der Waals surface area contributed by atoms with Gasteiger partial charge in [0.2, 0.25) is 5.43 Å². The lowest BCUT2D eigenvalue weighted by molar-refractivity contribution is 0.0663. The summed E-state index contributed by atoms with van der Waals surface area (Å²) in [6.45, 7) is 2.07. The van der Waals surface area contributed by atoms with E-state index in [9.17, 15) is 4.79 Å². The van der Waals surface area contributed by atoms with Gasteiger partial charge < -0.3 is 9.47 Å². The minimum Gasteiger partial charge on any atom is -0.491 e. The number of allylic oxidation sites excluding steroid dienone is 2. The van der Waals surface area contributed by atoms with Crippen molar-refractivity contribution in [2.45, 2.75) is 31.6 Å². The molecular weight excluding hydrogens is 457 g/mol. The van der Waals surface area contributed by atoms with Crippen molar-refractivity contribution < 1.29 is 13.9 Å². The smallest absolute Gasteiger partial charge is 0.249 e. The lowest BCUT2D eigenvalue weighted by Gasteiger charge is -2.23. The van der Waals surface area contributed by atoms with Gasteiger partial charge in [0.25, 0.3) is 0 Å². The molecule has 6 nitrogen and oxygen atoms in total. The van der Waals surface area contributed by atoms with Gasteiger partial charge in [-0.25, -0.2) is 9.07 Å². The maximum Gasteiger partial charge on any atom is 0.249 e. The third-order valence-corrected chi connectivity index (χ3v) is 7.02. The van der Waals surface area contributed by atoms with Crippen molar-refractivity contribution in [3.8, 4) is 11.4 Å². The van der Waals surface area contributed by atoms with Crippen LogP contribution in [-0.2, 0) is 11.2 Å². The highest BCUT2D eigenvalue weighted by atomic mass is 19.1. The van der Waals surface area contributed by atoms with Crippen LogP contribution in [0.1, 0.15) is 42.0 Å². The van der Waals surface area contributed by atoms with E-state index in [4.69, 9.17) is 9.47 Å². The molecule has 36 heavy (non-hydrogen) atoms. The third-order valence-electron chi connectivity index (χ3n) is 7.02. The van der Waals surface area contributed by atoms with Crippen LogP contribution in [0.2, 0.25) is 0 Å². The minimum absolute atomic E-state index is 0.0702. The summed E-state index contributed by atoms with van der Waals surface area (Å²) in [6.07, 6.45) is 8.26. The van der Waals surface area contributed by atoms with E-state index in [0.29, 0.717) is 30.1 Å². The Bertz CT molecular complexity index is 1330. The maximum absolute atomic E-state index is 15.8. The van der Waals surface area contributed by atoms with Gasteiger partial charge in [0.05, 0.1) is 13.3 Å². The van der Waals surface area contributed by atoms with Crippen LogP contribution in [0, 0.1) is 11.7 Å². The molecule has 0 radical (unpaired) electrons. The second kappa shape index (κ2) is 11.0. The lowest BCUT2D eigenvalue weighted by Crippen LogP contribution is -2.22. The first-order chi connectivity index (χ1) is 17.7. The molecule has 3 aromatic rings. The molecule has 0 N–H and O–H groups in total. The zero-order chi connectivity index (χ0) is 24.9. The molecule has 0 amide bonds. The number of aliphatic imine (C=N–C) groups is 1. The van der Waals surface area contributed by atoms with Gasteiger partial charge in [-0.05, 0) is 60.4 Å². The lowest BCUT2D eigenvalue weighted by atomic mass is 9.86. The van der Waals surface area contributed by atoms with Gasteiger partial charge in [-0.3, -0.25) is 9.79 Å². The van der Waals surface area contributed by atoms with E-state index in [1.807, 2.05) is 48.5 Å². The SMILES string of the molecule is COc1cn(-c2cccc(CC3CCOCC3)c2F)nc(C2=CC=NCCC2c2ccccc2)c1=O. The van der Waals surface area contributed by atoms with Crippen molar-refractivity contribution >= 4 is 11.8 Å². The fourth-order valence-electron chi connectivity index (χ4n) is 5.05. The van der Waals surface area contributed by atoms with Crippen LogP contribution in [0.25, 0.3) is 11.3 Å². The monoisotopic (exact) mass is 487 g/mol. The molecule has 5 rings (SSSR count). The van der Waals surface area contributed by atoms with Crippen LogP contribution in [0.3, 0.4) is 0 Å². The van der Waals surface area contributed by atoms with Crippen molar-refractivity contribution in [3.05, 3.63) is 93.7 Å². The van der Waals surface area contributed by atoms with Crippen LogP contribution >= 0.6 is 0 Å². The Labute approximate surface area is 210 Å². The molecule has 7 heteroatoms. The Morgan fingerprint density at radius 1 is 1.08 bits per heavy atom. The van der Waals surface area contributed by atoms with Gasteiger partial charge in [-0.15, -0.1) is 0 Å². The summed E-state index contributed by atoms with van der Waals surface area (Å²) in [4.78, 5) is 17.8. The number of benzene rings is 2. The average Bonchev–Trinajstić information content (AvgIpc) is 3.17. The molecule has 1 saturated heterocycles. The van der Waals surface area contributed by atoms with Gasteiger partial charge in [-0.2, -0.15) is 5.10 Å². The summed E-state index contributed by atoms with van der Waals surface area (Å²) in [7, 11) is 1.44. The summed E-state index contributed by atoms with van der Waals surface area (Å²) >= 11 is 0. The van der Waals surface area contributed by atoms with Crippen molar-refractivity contribution in [1.82, 2.24) is 9.78 Å². The molecule has 1 atom stereocenters.